The average molecular weight is 403 g/mol. The molecular weight excluding hydrogens is 379 g/mol. The Morgan fingerprint density at radius 3 is 2.60 bits per heavy atom. The summed E-state index contributed by atoms with van der Waals surface area (Å²) >= 11 is 1.43. The summed E-state index contributed by atoms with van der Waals surface area (Å²) in [5.41, 5.74) is 8.47. The van der Waals surface area contributed by atoms with E-state index in [0.717, 1.165) is 18.1 Å². The highest BCUT2D eigenvalue weighted by Crippen LogP contribution is 2.25. The molecule has 0 atom stereocenters. The molecule has 8 heteroatoms. The number of benzene rings is 1. The van der Waals surface area contributed by atoms with Crippen LogP contribution in [0.2, 0.25) is 0 Å². The van der Waals surface area contributed by atoms with E-state index in [9.17, 15) is 4.79 Å². The van der Waals surface area contributed by atoms with Crippen molar-refractivity contribution in [1.29, 1.82) is 0 Å². The molecule has 1 aromatic heterocycles. The van der Waals surface area contributed by atoms with Gasteiger partial charge < -0.3 is 15.5 Å². The van der Waals surface area contributed by atoms with Crippen molar-refractivity contribution in [3.8, 4) is 0 Å². The molecular formula is C17H24Cl2N4OS. The first-order valence-corrected chi connectivity index (χ1v) is 8.80. The van der Waals surface area contributed by atoms with Gasteiger partial charge in [0.05, 0.1) is 0 Å². The molecule has 25 heavy (non-hydrogen) atoms. The third-order valence-electron chi connectivity index (χ3n) is 4.14. The zero-order valence-corrected chi connectivity index (χ0v) is 16.6. The normalized spacial score (nSPS) is 13.1. The molecule has 2 N–H and O–H groups in total. The maximum atomic E-state index is 12.5. The first-order valence-electron chi connectivity index (χ1n) is 7.92. The molecule has 0 saturated carbocycles. The lowest BCUT2D eigenvalue weighted by atomic mass is 10.1. The summed E-state index contributed by atoms with van der Waals surface area (Å²) in [4.78, 5) is 20.9. The fourth-order valence-corrected chi connectivity index (χ4v) is 3.59. The van der Waals surface area contributed by atoms with Crippen LogP contribution in [0, 0.1) is 0 Å². The van der Waals surface area contributed by atoms with Gasteiger partial charge in [-0.1, -0.05) is 18.2 Å². The van der Waals surface area contributed by atoms with Crippen LogP contribution in [0.15, 0.2) is 29.6 Å². The van der Waals surface area contributed by atoms with E-state index in [2.05, 4.69) is 28.1 Å². The molecule has 2 heterocycles. The molecule has 1 aliphatic heterocycles. The van der Waals surface area contributed by atoms with Gasteiger partial charge in [0, 0.05) is 44.3 Å². The molecule has 2 aromatic rings. The Balaban J connectivity index is 0.00000156. The van der Waals surface area contributed by atoms with Gasteiger partial charge in [-0.3, -0.25) is 4.79 Å². The minimum absolute atomic E-state index is 0. The van der Waals surface area contributed by atoms with Crippen LogP contribution in [0.5, 0.6) is 0 Å². The molecule has 3 rings (SSSR count). The quantitative estimate of drug-likeness (QED) is 0.832. The third kappa shape index (κ3) is 5.07. The van der Waals surface area contributed by atoms with E-state index < -0.39 is 0 Å². The summed E-state index contributed by atoms with van der Waals surface area (Å²) in [5.74, 6) is -0.0582. The Morgan fingerprint density at radius 1 is 1.28 bits per heavy atom. The fraction of sp³-hybridized carbons (Fsp3) is 0.412. The molecule has 0 unspecified atom stereocenters. The van der Waals surface area contributed by atoms with Gasteiger partial charge in [-0.25, -0.2) is 4.98 Å². The molecule has 0 spiro atoms. The molecule has 0 aliphatic carbocycles. The Bertz CT molecular complexity index is 689. The van der Waals surface area contributed by atoms with Crippen molar-refractivity contribution >= 4 is 47.7 Å². The summed E-state index contributed by atoms with van der Waals surface area (Å²) in [7, 11) is 1.82. The molecule has 1 amide bonds. The Labute approximate surface area is 165 Å². The third-order valence-corrected chi connectivity index (χ3v) is 5.01. The van der Waals surface area contributed by atoms with Crippen LogP contribution in [0.4, 0.5) is 5.69 Å². The molecule has 1 fully saturated rings. The number of anilines is 1. The van der Waals surface area contributed by atoms with Crippen LogP contribution in [-0.2, 0) is 13.1 Å². The predicted octanol–water partition coefficient (Wildman–Crippen LogP) is 3.32. The summed E-state index contributed by atoms with van der Waals surface area (Å²) in [6.45, 7) is 3.15. The number of halogens is 2. The number of nitrogens with two attached hydrogens (primary N) is 1. The lowest BCUT2D eigenvalue weighted by molar-refractivity contribution is 0.0780. The van der Waals surface area contributed by atoms with Gasteiger partial charge >= 0.3 is 0 Å². The maximum Gasteiger partial charge on any atom is 0.273 e. The lowest BCUT2D eigenvalue weighted by Crippen LogP contribution is -2.28. The van der Waals surface area contributed by atoms with Gasteiger partial charge in [0.1, 0.15) is 10.7 Å². The molecule has 0 bridgehead atoms. The number of thiazole rings is 1. The maximum absolute atomic E-state index is 12.5. The highest BCUT2D eigenvalue weighted by Gasteiger charge is 2.19. The van der Waals surface area contributed by atoms with E-state index in [1.54, 1.807) is 10.3 Å². The lowest BCUT2D eigenvalue weighted by Gasteiger charge is -2.24. The molecule has 0 radical (unpaired) electrons. The summed E-state index contributed by atoms with van der Waals surface area (Å²) in [5, 5.41) is 2.58. The smallest absolute Gasteiger partial charge is 0.273 e. The zero-order chi connectivity index (χ0) is 16.2. The number of rotatable bonds is 5. The number of carbonyl (C=O) groups excluding carboxylic acids is 1. The van der Waals surface area contributed by atoms with Crippen LogP contribution in [0.3, 0.4) is 0 Å². The average Bonchev–Trinajstić information content (AvgIpc) is 3.26. The van der Waals surface area contributed by atoms with Crippen molar-refractivity contribution in [3.05, 3.63) is 45.9 Å². The topological polar surface area (TPSA) is 62.5 Å². The van der Waals surface area contributed by atoms with Gasteiger partial charge in [0.25, 0.3) is 5.91 Å². The molecule has 138 valence electrons. The van der Waals surface area contributed by atoms with Gasteiger partial charge in [0.15, 0.2) is 0 Å². The summed E-state index contributed by atoms with van der Waals surface area (Å²) in [6.07, 6.45) is 2.48. The summed E-state index contributed by atoms with van der Waals surface area (Å²) < 4.78 is 0. The van der Waals surface area contributed by atoms with E-state index in [1.165, 1.54) is 35.4 Å². The standard InChI is InChI=1S/C17H22N4OS.2ClH/c1-20(17(22)14-12-23-16(10-18)19-14)11-13-6-2-3-7-15(13)21-8-4-5-9-21;;/h2-3,6-7,12H,4-5,8-11,18H2,1H3;2*1H. The second kappa shape index (κ2) is 9.97. The van der Waals surface area contributed by atoms with E-state index in [4.69, 9.17) is 5.73 Å². The van der Waals surface area contributed by atoms with Crippen LogP contribution >= 0.6 is 36.2 Å². The predicted molar refractivity (Wildman–Crippen MR) is 108 cm³/mol. The zero-order valence-electron chi connectivity index (χ0n) is 14.2. The van der Waals surface area contributed by atoms with Crippen molar-refractivity contribution in [3.63, 3.8) is 0 Å². The minimum Gasteiger partial charge on any atom is -0.371 e. The number of para-hydroxylation sites is 1. The minimum atomic E-state index is -0.0582. The number of hydrogen-bond acceptors (Lipinski definition) is 5. The Hall–Kier alpha value is -1.34. The van der Waals surface area contributed by atoms with Crippen LogP contribution in [0.1, 0.15) is 33.9 Å². The first-order chi connectivity index (χ1) is 11.2. The van der Waals surface area contributed by atoms with Crippen molar-refractivity contribution in [2.24, 2.45) is 5.73 Å². The largest absolute Gasteiger partial charge is 0.371 e. The van der Waals surface area contributed by atoms with E-state index in [1.807, 2.05) is 13.1 Å². The van der Waals surface area contributed by atoms with Crippen LogP contribution in [-0.4, -0.2) is 35.9 Å². The van der Waals surface area contributed by atoms with Crippen molar-refractivity contribution in [2.45, 2.75) is 25.9 Å². The monoisotopic (exact) mass is 402 g/mol. The van der Waals surface area contributed by atoms with Gasteiger partial charge in [-0.2, -0.15) is 0 Å². The van der Waals surface area contributed by atoms with E-state index >= 15 is 0 Å². The SMILES string of the molecule is CN(Cc1ccccc1N1CCCC1)C(=O)c1csc(CN)n1.Cl.Cl. The molecule has 1 aliphatic rings. The number of carbonyl (C=O) groups is 1. The summed E-state index contributed by atoms with van der Waals surface area (Å²) in [6, 6.07) is 8.34. The van der Waals surface area contributed by atoms with E-state index in [0.29, 0.717) is 18.8 Å². The number of hydrogen-bond donors (Lipinski definition) is 1. The number of aromatic nitrogens is 1. The Morgan fingerprint density at radius 2 is 1.96 bits per heavy atom. The van der Waals surface area contributed by atoms with Gasteiger partial charge in [0.2, 0.25) is 0 Å². The van der Waals surface area contributed by atoms with Gasteiger partial charge in [-0.15, -0.1) is 36.2 Å². The highest BCUT2D eigenvalue weighted by atomic mass is 35.5. The van der Waals surface area contributed by atoms with Crippen molar-refractivity contribution < 1.29 is 4.79 Å². The van der Waals surface area contributed by atoms with E-state index in [-0.39, 0.29) is 30.7 Å². The highest BCUT2D eigenvalue weighted by molar-refractivity contribution is 7.09. The van der Waals surface area contributed by atoms with Crippen molar-refractivity contribution in [1.82, 2.24) is 9.88 Å². The second-order valence-corrected chi connectivity index (χ2v) is 6.76. The van der Waals surface area contributed by atoms with Crippen LogP contribution in [0.25, 0.3) is 0 Å². The molecule has 1 saturated heterocycles. The second-order valence-electron chi connectivity index (χ2n) is 5.81. The van der Waals surface area contributed by atoms with Gasteiger partial charge in [-0.05, 0) is 24.5 Å². The fourth-order valence-electron chi connectivity index (χ4n) is 2.94. The molecule has 5 nitrogen and oxygen atoms in total. The number of amides is 1. The Kier molecular flexibility index (Phi) is 8.65. The van der Waals surface area contributed by atoms with Crippen LogP contribution < -0.4 is 10.6 Å². The first kappa shape index (κ1) is 21.7. The molecule has 1 aromatic carbocycles. The number of nitrogens with zero attached hydrogens (tertiary/aromatic N) is 3. The van der Waals surface area contributed by atoms with Crippen molar-refractivity contribution in [2.75, 3.05) is 25.0 Å².